The van der Waals surface area contributed by atoms with Crippen LogP contribution in [0, 0.1) is 0 Å². The van der Waals surface area contributed by atoms with Gasteiger partial charge in [0.2, 0.25) is 0 Å². The van der Waals surface area contributed by atoms with Crippen LogP contribution in [0.15, 0.2) is 17.2 Å². The molecule has 0 fully saturated rings. The molecule has 0 unspecified atom stereocenters. The summed E-state index contributed by atoms with van der Waals surface area (Å²) in [6.45, 7) is 0.837. The monoisotopic (exact) mass is 197 g/mol. The summed E-state index contributed by atoms with van der Waals surface area (Å²) in [5.74, 6) is 0.458. The number of H-pyrrole nitrogens is 1. The van der Waals surface area contributed by atoms with E-state index in [2.05, 4.69) is 20.6 Å². The predicted octanol–water partition coefficient (Wildman–Crippen LogP) is -1.15. The van der Waals surface area contributed by atoms with E-state index in [1.807, 2.05) is 0 Å². The van der Waals surface area contributed by atoms with Crippen LogP contribution in [0.2, 0.25) is 0 Å². The van der Waals surface area contributed by atoms with Crippen LogP contribution in [0.4, 0.5) is 10.6 Å². The Labute approximate surface area is 79.7 Å². The van der Waals surface area contributed by atoms with Gasteiger partial charge >= 0.3 is 6.03 Å². The average Bonchev–Trinajstić information content (AvgIpc) is 2.12. The van der Waals surface area contributed by atoms with Gasteiger partial charge in [-0.05, 0) is 0 Å². The molecule has 76 valence electrons. The Kier molecular flexibility index (Phi) is 3.48. The Morgan fingerprint density at radius 2 is 2.36 bits per heavy atom. The van der Waals surface area contributed by atoms with E-state index in [9.17, 15) is 9.59 Å². The first kappa shape index (κ1) is 10.0. The van der Waals surface area contributed by atoms with Crippen molar-refractivity contribution in [3.8, 4) is 0 Å². The molecule has 7 heteroatoms. The van der Waals surface area contributed by atoms with Crippen molar-refractivity contribution in [3.05, 3.63) is 22.7 Å². The van der Waals surface area contributed by atoms with Gasteiger partial charge in [-0.3, -0.25) is 4.79 Å². The van der Waals surface area contributed by atoms with Gasteiger partial charge in [0.15, 0.2) is 0 Å². The summed E-state index contributed by atoms with van der Waals surface area (Å²) in [6, 6.07) is 0.746. The predicted molar refractivity (Wildman–Crippen MR) is 50.9 cm³/mol. The zero-order chi connectivity index (χ0) is 10.4. The lowest BCUT2D eigenvalue weighted by Crippen LogP contribution is -2.33. The number of primary amides is 1. The second-order valence-corrected chi connectivity index (χ2v) is 2.51. The Bertz CT molecular complexity index is 361. The molecule has 1 heterocycles. The van der Waals surface area contributed by atoms with Crippen LogP contribution in [0.5, 0.6) is 0 Å². The zero-order valence-corrected chi connectivity index (χ0v) is 7.41. The van der Waals surface area contributed by atoms with Gasteiger partial charge in [0, 0.05) is 19.2 Å². The summed E-state index contributed by atoms with van der Waals surface area (Å²) in [7, 11) is 0. The van der Waals surface area contributed by atoms with Crippen LogP contribution in [0.1, 0.15) is 0 Å². The number of nitrogens with zero attached hydrogens (tertiary/aromatic N) is 1. The molecular formula is C7H11N5O2. The minimum atomic E-state index is -0.578. The highest BCUT2D eigenvalue weighted by Gasteiger charge is 1.94. The third-order valence-corrected chi connectivity index (χ3v) is 1.41. The Balaban J connectivity index is 2.31. The highest BCUT2D eigenvalue weighted by atomic mass is 16.2. The van der Waals surface area contributed by atoms with Crippen molar-refractivity contribution in [2.45, 2.75) is 0 Å². The van der Waals surface area contributed by atoms with Gasteiger partial charge in [-0.15, -0.1) is 0 Å². The maximum Gasteiger partial charge on any atom is 0.312 e. The second-order valence-electron chi connectivity index (χ2n) is 2.51. The minimum absolute atomic E-state index is 0.231. The van der Waals surface area contributed by atoms with E-state index in [0.717, 1.165) is 0 Å². The number of carbonyl (C=O) groups is 1. The van der Waals surface area contributed by atoms with Crippen molar-refractivity contribution in [1.82, 2.24) is 15.3 Å². The number of hydrogen-bond donors (Lipinski definition) is 4. The van der Waals surface area contributed by atoms with Gasteiger partial charge in [-0.25, -0.2) is 9.78 Å². The van der Waals surface area contributed by atoms with E-state index < -0.39 is 6.03 Å². The molecule has 14 heavy (non-hydrogen) atoms. The first-order valence-corrected chi connectivity index (χ1v) is 4.00. The Hall–Kier alpha value is -2.05. The number of nitrogens with two attached hydrogens (primary N) is 1. The van der Waals surface area contributed by atoms with E-state index >= 15 is 0 Å². The molecule has 0 saturated carbocycles. The molecule has 1 aromatic rings. The fraction of sp³-hybridized carbons (Fsp3) is 0.286. The molecular weight excluding hydrogens is 186 g/mol. The molecule has 0 radical (unpaired) electrons. The second kappa shape index (κ2) is 4.85. The van der Waals surface area contributed by atoms with Crippen LogP contribution >= 0.6 is 0 Å². The number of nitrogens with one attached hydrogen (secondary N) is 3. The van der Waals surface area contributed by atoms with Crippen molar-refractivity contribution < 1.29 is 4.79 Å². The van der Waals surface area contributed by atoms with Crippen molar-refractivity contribution in [2.24, 2.45) is 5.73 Å². The smallest absolute Gasteiger partial charge is 0.312 e. The third kappa shape index (κ3) is 3.57. The number of anilines is 1. The summed E-state index contributed by atoms with van der Waals surface area (Å²) in [5.41, 5.74) is 4.62. The summed E-state index contributed by atoms with van der Waals surface area (Å²) >= 11 is 0. The van der Waals surface area contributed by atoms with Gasteiger partial charge in [0.05, 0.1) is 6.33 Å². The molecule has 0 saturated heterocycles. The number of urea groups is 1. The number of carbonyl (C=O) groups excluding carboxylic acids is 1. The molecule has 1 rings (SSSR count). The van der Waals surface area contributed by atoms with E-state index in [4.69, 9.17) is 5.73 Å². The van der Waals surface area contributed by atoms with Crippen molar-refractivity contribution in [1.29, 1.82) is 0 Å². The molecule has 0 bridgehead atoms. The van der Waals surface area contributed by atoms with Gasteiger partial charge < -0.3 is 21.4 Å². The standard InChI is InChI=1S/C7H11N5O2/c8-7(14)10-2-1-9-5-3-6(13)12-4-11-5/h3-4H,1-2H2,(H3,8,10,14)(H2,9,11,12,13). The molecule has 0 aliphatic heterocycles. The van der Waals surface area contributed by atoms with Crippen LogP contribution in [0.25, 0.3) is 0 Å². The number of amides is 2. The highest BCUT2D eigenvalue weighted by Crippen LogP contribution is 1.92. The van der Waals surface area contributed by atoms with E-state index in [1.54, 1.807) is 0 Å². The highest BCUT2D eigenvalue weighted by molar-refractivity contribution is 5.71. The topological polar surface area (TPSA) is 113 Å². The van der Waals surface area contributed by atoms with Crippen LogP contribution in [-0.2, 0) is 0 Å². The maximum atomic E-state index is 10.8. The molecule has 0 aliphatic carbocycles. The summed E-state index contributed by atoms with van der Waals surface area (Å²) < 4.78 is 0. The van der Waals surface area contributed by atoms with Gasteiger partial charge in [-0.2, -0.15) is 0 Å². The first-order valence-electron chi connectivity index (χ1n) is 4.00. The number of aromatic amines is 1. The van der Waals surface area contributed by atoms with E-state index in [1.165, 1.54) is 12.4 Å². The van der Waals surface area contributed by atoms with E-state index in [0.29, 0.717) is 18.9 Å². The minimum Gasteiger partial charge on any atom is -0.368 e. The molecule has 2 amide bonds. The fourth-order valence-corrected chi connectivity index (χ4v) is 0.841. The molecule has 0 atom stereocenters. The van der Waals surface area contributed by atoms with Crippen LogP contribution in [-0.4, -0.2) is 29.1 Å². The van der Waals surface area contributed by atoms with Gasteiger partial charge in [0.1, 0.15) is 5.82 Å². The zero-order valence-electron chi connectivity index (χ0n) is 7.41. The lowest BCUT2D eigenvalue weighted by Gasteiger charge is -2.04. The molecule has 5 N–H and O–H groups in total. The van der Waals surface area contributed by atoms with Crippen molar-refractivity contribution in [2.75, 3.05) is 18.4 Å². The molecule has 0 aliphatic rings. The Morgan fingerprint density at radius 3 is 3.00 bits per heavy atom. The SMILES string of the molecule is NC(=O)NCCNc1cc(=O)[nH]cn1. The van der Waals surface area contributed by atoms with Gasteiger partial charge in [-0.1, -0.05) is 0 Å². The largest absolute Gasteiger partial charge is 0.368 e. The molecule has 7 nitrogen and oxygen atoms in total. The lowest BCUT2D eigenvalue weighted by molar-refractivity contribution is 0.249. The molecule has 0 aromatic carbocycles. The number of hydrogen-bond acceptors (Lipinski definition) is 4. The fourth-order valence-electron chi connectivity index (χ4n) is 0.841. The summed E-state index contributed by atoms with van der Waals surface area (Å²) in [4.78, 5) is 27.3. The van der Waals surface area contributed by atoms with Crippen LogP contribution < -0.4 is 21.9 Å². The lowest BCUT2D eigenvalue weighted by atomic mass is 10.5. The summed E-state index contributed by atoms with van der Waals surface area (Å²) in [5, 5.41) is 5.23. The van der Waals surface area contributed by atoms with Gasteiger partial charge in [0.25, 0.3) is 5.56 Å². The molecule has 0 spiro atoms. The normalized spacial score (nSPS) is 9.43. The van der Waals surface area contributed by atoms with Crippen LogP contribution in [0.3, 0.4) is 0 Å². The summed E-state index contributed by atoms with van der Waals surface area (Å²) in [6.07, 6.45) is 1.30. The number of rotatable bonds is 4. The van der Waals surface area contributed by atoms with E-state index in [-0.39, 0.29) is 5.56 Å². The Morgan fingerprint density at radius 1 is 1.57 bits per heavy atom. The maximum absolute atomic E-state index is 10.8. The molecule has 1 aromatic heterocycles. The quantitative estimate of drug-likeness (QED) is 0.456. The number of aromatic nitrogens is 2. The average molecular weight is 197 g/mol. The first-order chi connectivity index (χ1) is 6.68. The van der Waals surface area contributed by atoms with Crippen molar-refractivity contribution in [3.63, 3.8) is 0 Å². The van der Waals surface area contributed by atoms with Crippen molar-refractivity contribution >= 4 is 11.8 Å². The third-order valence-electron chi connectivity index (χ3n) is 1.41.